The minimum absolute atomic E-state index is 0.0221. The van der Waals surface area contributed by atoms with Crippen LogP contribution in [0.25, 0.3) is 0 Å². The van der Waals surface area contributed by atoms with E-state index >= 15 is 0 Å². The topological polar surface area (TPSA) is 63.7 Å². The first-order valence-corrected chi connectivity index (χ1v) is 8.07. The number of aryl methyl sites for hydroxylation is 1. The zero-order valence-corrected chi connectivity index (χ0v) is 12.2. The van der Waals surface area contributed by atoms with Gasteiger partial charge in [0.25, 0.3) is 15.0 Å². The van der Waals surface area contributed by atoms with E-state index in [9.17, 15) is 13.2 Å². The molecule has 5 nitrogen and oxygen atoms in total. The molecule has 1 saturated heterocycles. The predicted molar refractivity (Wildman–Crippen MR) is 70.9 cm³/mol. The summed E-state index contributed by atoms with van der Waals surface area (Å²) in [5, 5.41) is 0. The van der Waals surface area contributed by atoms with Crippen LogP contribution in [0, 0.1) is 6.92 Å². The lowest BCUT2D eigenvalue weighted by molar-refractivity contribution is -0.132. The highest BCUT2D eigenvalue weighted by atomic mass is 35.7. The van der Waals surface area contributed by atoms with Crippen molar-refractivity contribution in [2.24, 2.45) is 0 Å². The van der Waals surface area contributed by atoms with Crippen molar-refractivity contribution < 1.29 is 17.9 Å². The standard InChI is InChI=1S/C12H14ClNO4S/c1-8-7-9(19(13,16)17)3-4-10(8)18-11-5-6-14(2)12(11)15/h3-4,7,11H,5-6H2,1-2H3. The predicted octanol–water partition coefficient (Wildman–Crippen LogP) is 1.53. The maximum atomic E-state index is 11.7. The van der Waals surface area contributed by atoms with Crippen molar-refractivity contribution in [2.75, 3.05) is 13.6 Å². The van der Waals surface area contributed by atoms with Gasteiger partial charge in [0.1, 0.15) is 5.75 Å². The molecule has 0 radical (unpaired) electrons. The SMILES string of the molecule is Cc1cc(S(=O)(=O)Cl)ccc1OC1CCN(C)C1=O. The van der Waals surface area contributed by atoms with Gasteiger partial charge in [0, 0.05) is 30.7 Å². The molecule has 1 fully saturated rings. The molecule has 19 heavy (non-hydrogen) atoms. The third-order valence-electron chi connectivity index (χ3n) is 3.08. The molecular weight excluding hydrogens is 290 g/mol. The van der Waals surface area contributed by atoms with Gasteiger partial charge in [-0.1, -0.05) is 0 Å². The number of rotatable bonds is 3. The number of benzene rings is 1. The third-order valence-corrected chi connectivity index (χ3v) is 4.43. The van der Waals surface area contributed by atoms with E-state index in [1.54, 1.807) is 18.9 Å². The fourth-order valence-corrected chi connectivity index (χ4v) is 2.79. The molecule has 1 aliphatic heterocycles. The van der Waals surface area contributed by atoms with Crippen LogP contribution in [0.5, 0.6) is 5.75 Å². The van der Waals surface area contributed by atoms with Crippen LogP contribution in [0.2, 0.25) is 0 Å². The van der Waals surface area contributed by atoms with E-state index in [0.717, 1.165) is 0 Å². The Balaban J connectivity index is 2.21. The van der Waals surface area contributed by atoms with Crippen molar-refractivity contribution >= 4 is 25.6 Å². The monoisotopic (exact) mass is 303 g/mol. The van der Waals surface area contributed by atoms with Crippen LogP contribution < -0.4 is 4.74 Å². The van der Waals surface area contributed by atoms with Crippen molar-refractivity contribution in [2.45, 2.75) is 24.3 Å². The quantitative estimate of drug-likeness (QED) is 0.795. The Hall–Kier alpha value is -1.27. The number of hydrogen-bond acceptors (Lipinski definition) is 4. The number of amides is 1. The first-order valence-electron chi connectivity index (χ1n) is 5.76. The van der Waals surface area contributed by atoms with E-state index in [2.05, 4.69) is 0 Å². The number of carbonyl (C=O) groups is 1. The summed E-state index contributed by atoms with van der Waals surface area (Å²) in [7, 11) is 3.24. The van der Waals surface area contributed by atoms with Crippen molar-refractivity contribution in [3.63, 3.8) is 0 Å². The van der Waals surface area contributed by atoms with Gasteiger partial charge in [-0.3, -0.25) is 4.79 Å². The van der Waals surface area contributed by atoms with Crippen molar-refractivity contribution in [1.29, 1.82) is 0 Å². The number of carbonyl (C=O) groups excluding carboxylic acids is 1. The van der Waals surface area contributed by atoms with Gasteiger partial charge in [0.2, 0.25) is 0 Å². The normalized spacial score (nSPS) is 19.8. The maximum absolute atomic E-state index is 11.7. The van der Waals surface area contributed by atoms with Crippen LogP contribution in [0.3, 0.4) is 0 Å². The highest BCUT2D eigenvalue weighted by Crippen LogP contribution is 2.26. The first-order chi connectivity index (χ1) is 8.79. The molecule has 0 saturated carbocycles. The summed E-state index contributed by atoms with van der Waals surface area (Å²) in [5.74, 6) is 0.436. The van der Waals surface area contributed by atoms with Gasteiger partial charge < -0.3 is 9.64 Å². The van der Waals surface area contributed by atoms with Gasteiger partial charge in [-0.2, -0.15) is 0 Å². The molecule has 0 bridgehead atoms. The summed E-state index contributed by atoms with van der Waals surface area (Å²) in [4.78, 5) is 13.4. The van der Waals surface area contributed by atoms with E-state index in [4.69, 9.17) is 15.4 Å². The number of likely N-dealkylation sites (tertiary alicyclic amines) is 1. The minimum Gasteiger partial charge on any atom is -0.480 e. The molecule has 0 aliphatic carbocycles. The lowest BCUT2D eigenvalue weighted by Crippen LogP contribution is -2.29. The summed E-state index contributed by atoms with van der Waals surface area (Å²) in [6, 6.07) is 4.32. The molecule has 2 rings (SSSR count). The second kappa shape index (κ2) is 5.02. The van der Waals surface area contributed by atoms with Gasteiger partial charge in [-0.25, -0.2) is 8.42 Å². The van der Waals surface area contributed by atoms with Gasteiger partial charge in [0.05, 0.1) is 4.90 Å². The third kappa shape index (κ3) is 3.01. The molecule has 1 aromatic carbocycles. The fourth-order valence-electron chi connectivity index (χ4n) is 1.96. The van der Waals surface area contributed by atoms with Crippen LogP contribution in [-0.4, -0.2) is 38.9 Å². The summed E-state index contributed by atoms with van der Waals surface area (Å²) < 4.78 is 28.0. The number of hydrogen-bond donors (Lipinski definition) is 0. The Kier molecular flexibility index (Phi) is 3.73. The molecule has 1 heterocycles. The molecule has 0 N–H and O–H groups in total. The lowest BCUT2D eigenvalue weighted by Gasteiger charge is -2.15. The van der Waals surface area contributed by atoms with E-state index < -0.39 is 15.2 Å². The Labute approximate surface area is 116 Å². The van der Waals surface area contributed by atoms with Gasteiger partial charge in [-0.05, 0) is 30.7 Å². The lowest BCUT2D eigenvalue weighted by atomic mass is 10.2. The van der Waals surface area contributed by atoms with Crippen LogP contribution >= 0.6 is 10.7 Å². The highest BCUT2D eigenvalue weighted by molar-refractivity contribution is 8.13. The van der Waals surface area contributed by atoms with Crippen LogP contribution in [0.1, 0.15) is 12.0 Å². The number of likely N-dealkylation sites (N-methyl/N-ethyl adjacent to an activating group) is 1. The van der Waals surface area contributed by atoms with Crippen LogP contribution in [-0.2, 0) is 13.8 Å². The van der Waals surface area contributed by atoms with Crippen molar-refractivity contribution in [3.8, 4) is 5.75 Å². The number of ether oxygens (including phenoxy) is 1. The molecule has 1 atom stereocenters. The van der Waals surface area contributed by atoms with Gasteiger partial charge >= 0.3 is 0 Å². The first kappa shape index (κ1) is 14.1. The van der Waals surface area contributed by atoms with E-state index in [-0.39, 0.29) is 10.8 Å². The van der Waals surface area contributed by atoms with Crippen LogP contribution in [0.4, 0.5) is 0 Å². The Morgan fingerprint density at radius 3 is 2.58 bits per heavy atom. The summed E-state index contributed by atoms with van der Waals surface area (Å²) in [5.41, 5.74) is 0.629. The molecular formula is C12H14ClNO4S. The molecule has 0 aromatic heterocycles. The smallest absolute Gasteiger partial charge is 0.263 e. The fraction of sp³-hybridized carbons (Fsp3) is 0.417. The van der Waals surface area contributed by atoms with Crippen molar-refractivity contribution in [3.05, 3.63) is 23.8 Å². The molecule has 0 spiro atoms. The maximum Gasteiger partial charge on any atom is 0.263 e. The molecule has 1 aliphatic rings. The Morgan fingerprint density at radius 1 is 1.42 bits per heavy atom. The average Bonchev–Trinajstić information content (AvgIpc) is 2.62. The minimum atomic E-state index is -3.75. The second-order valence-electron chi connectivity index (χ2n) is 4.52. The molecule has 1 unspecified atom stereocenters. The van der Waals surface area contributed by atoms with Gasteiger partial charge in [-0.15, -0.1) is 0 Å². The van der Waals surface area contributed by atoms with E-state index in [1.165, 1.54) is 18.2 Å². The largest absolute Gasteiger partial charge is 0.480 e. The molecule has 1 amide bonds. The molecule has 1 aromatic rings. The van der Waals surface area contributed by atoms with E-state index in [0.29, 0.717) is 24.3 Å². The second-order valence-corrected chi connectivity index (χ2v) is 7.09. The van der Waals surface area contributed by atoms with Crippen LogP contribution in [0.15, 0.2) is 23.1 Å². The van der Waals surface area contributed by atoms with Crippen molar-refractivity contribution in [1.82, 2.24) is 4.90 Å². The summed E-state index contributed by atoms with van der Waals surface area (Å²) in [6.07, 6.45) is 0.131. The Bertz CT molecular complexity index is 614. The zero-order chi connectivity index (χ0) is 14.2. The highest BCUT2D eigenvalue weighted by Gasteiger charge is 2.31. The van der Waals surface area contributed by atoms with E-state index in [1.807, 2.05) is 0 Å². The Morgan fingerprint density at radius 2 is 2.11 bits per heavy atom. The average molecular weight is 304 g/mol. The summed E-state index contributed by atoms with van der Waals surface area (Å²) in [6.45, 7) is 2.38. The summed E-state index contributed by atoms with van der Waals surface area (Å²) >= 11 is 0. The van der Waals surface area contributed by atoms with Gasteiger partial charge in [0.15, 0.2) is 6.10 Å². The molecule has 104 valence electrons. The zero-order valence-electron chi connectivity index (χ0n) is 10.6. The number of nitrogens with zero attached hydrogens (tertiary/aromatic N) is 1. The molecule has 7 heteroatoms. The number of halogens is 1.